The van der Waals surface area contributed by atoms with Crippen LogP contribution in [0.5, 0.6) is 5.75 Å². The van der Waals surface area contributed by atoms with Crippen molar-refractivity contribution in [2.75, 3.05) is 5.32 Å². The molecule has 0 aromatic heterocycles. The minimum atomic E-state index is -2.92. The zero-order valence-electron chi connectivity index (χ0n) is 10.4. The van der Waals surface area contributed by atoms with E-state index >= 15 is 0 Å². The average molecular weight is 377 g/mol. The van der Waals surface area contributed by atoms with E-state index in [1.807, 2.05) is 0 Å². The van der Waals surface area contributed by atoms with Gasteiger partial charge in [-0.05, 0) is 30.3 Å². The lowest BCUT2D eigenvalue weighted by atomic mass is 10.2. The van der Waals surface area contributed by atoms with Gasteiger partial charge in [0.15, 0.2) is 0 Å². The van der Waals surface area contributed by atoms with Crippen molar-refractivity contribution in [3.63, 3.8) is 0 Å². The molecule has 0 aliphatic rings. The van der Waals surface area contributed by atoms with Gasteiger partial charge in [-0.1, -0.05) is 33.6 Å². The van der Waals surface area contributed by atoms with Crippen molar-refractivity contribution >= 4 is 39.1 Å². The maximum absolute atomic E-state index is 12.1. The van der Waals surface area contributed by atoms with Crippen LogP contribution in [0.15, 0.2) is 46.9 Å². The first-order valence-electron chi connectivity index (χ1n) is 5.76. The van der Waals surface area contributed by atoms with E-state index in [4.69, 9.17) is 11.6 Å². The molecule has 0 saturated carbocycles. The number of rotatable bonds is 4. The number of carbonyl (C=O) groups is 1. The minimum Gasteiger partial charge on any atom is -0.435 e. The molecule has 0 atom stereocenters. The molecule has 21 heavy (non-hydrogen) atoms. The smallest absolute Gasteiger partial charge is 0.387 e. The molecule has 0 spiro atoms. The summed E-state index contributed by atoms with van der Waals surface area (Å²) in [6.07, 6.45) is 0. The van der Waals surface area contributed by atoms with Crippen LogP contribution >= 0.6 is 27.5 Å². The highest BCUT2D eigenvalue weighted by Crippen LogP contribution is 2.22. The molecule has 3 nitrogen and oxygen atoms in total. The van der Waals surface area contributed by atoms with E-state index in [1.165, 1.54) is 24.3 Å². The van der Waals surface area contributed by atoms with Crippen molar-refractivity contribution in [3.05, 3.63) is 57.5 Å². The van der Waals surface area contributed by atoms with Gasteiger partial charge in [-0.3, -0.25) is 4.79 Å². The van der Waals surface area contributed by atoms with Crippen molar-refractivity contribution in [2.45, 2.75) is 6.61 Å². The summed E-state index contributed by atoms with van der Waals surface area (Å²) in [5.41, 5.74) is 0.684. The Morgan fingerprint density at radius 1 is 1.24 bits per heavy atom. The van der Waals surface area contributed by atoms with E-state index in [2.05, 4.69) is 26.0 Å². The standard InChI is InChI=1S/C14H9BrClF2NO2/c15-9-4-8(5-10(16)6-9)13(20)19-11-2-1-3-12(7-11)21-14(17)18/h1-7,14H,(H,19,20). The second-order valence-corrected chi connectivity index (χ2v) is 5.37. The highest BCUT2D eigenvalue weighted by molar-refractivity contribution is 9.10. The van der Waals surface area contributed by atoms with Gasteiger partial charge in [0.2, 0.25) is 0 Å². The third-order valence-corrected chi connectivity index (χ3v) is 3.12. The summed E-state index contributed by atoms with van der Waals surface area (Å²) in [5, 5.41) is 2.99. The Morgan fingerprint density at radius 2 is 2.00 bits per heavy atom. The summed E-state index contributed by atoms with van der Waals surface area (Å²) >= 11 is 9.10. The molecule has 1 N–H and O–H groups in total. The van der Waals surface area contributed by atoms with Crippen LogP contribution in [0.25, 0.3) is 0 Å². The van der Waals surface area contributed by atoms with Crippen LogP contribution in [0, 0.1) is 0 Å². The number of hydrogen-bond donors (Lipinski definition) is 1. The van der Waals surface area contributed by atoms with Crippen molar-refractivity contribution in [2.24, 2.45) is 0 Å². The third-order valence-electron chi connectivity index (χ3n) is 2.44. The third kappa shape index (κ3) is 4.68. The van der Waals surface area contributed by atoms with E-state index < -0.39 is 12.5 Å². The lowest BCUT2D eigenvalue weighted by Gasteiger charge is -2.09. The van der Waals surface area contributed by atoms with E-state index in [9.17, 15) is 13.6 Å². The maximum Gasteiger partial charge on any atom is 0.387 e. The number of alkyl halides is 2. The predicted molar refractivity (Wildman–Crippen MR) is 80.2 cm³/mol. The number of benzene rings is 2. The Labute approximate surface area is 133 Å². The monoisotopic (exact) mass is 375 g/mol. The largest absolute Gasteiger partial charge is 0.435 e. The van der Waals surface area contributed by atoms with Crippen molar-refractivity contribution < 1.29 is 18.3 Å². The van der Waals surface area contributed by atoms with Crippen molar-refractivity contribution in [1.82, 2.24) is 0 Å². The maximum atomic E-state index is 12.1. The van der Waals surface area contributed by atoms with Gasteiger partial charge in [0.05, 0.1) is 0 Å². The number of ether oxygens (including phenoxy) is 1. The fourth-order valence-electron chi connectivity index (χ4n) is 1.64. The van der Waals surface area contributed by atoms with Crippen LogP contribution in [0.3, 0.4) is 0 Å². The number of hydrogen-bond acceptors (Lipinski definition) is 2. The summed E-state index contributed by atoms with van der Waals surface area (Å²) in [6.45, 7) is -2.92. The van der Waals surface area contributed by atoms with Crippen molar-refractivity contribution in [1.29, 1.82) is 0 Å². The van der Waals surface area contributed by atoms with Crippen LogP contribution in [0.1, 0.15) is 10.4 Å². The highest BCUT2D eigenvalue weighted by atomic mass is 79.9. The Balaban J connectivity index is 2.15. The lowest BCUT2D eigenvalue weighted by Crippen LogP contribution is -2.12. The minimum absolute atomic E-state index is 0.0323. The summed E-state index contributed by atoms with van der Waals surface area (Å²) in [4.78, 5) is 12.1. The molecule has 110 valence electrons. The lowest BCUT2D eigenvalue weighted by molar-refractivity contribution is -0.0497. The molecule has 0 radical (unpaired) electrons. The number of halogens is 4. The van der Waals surface area contributed by atoms with Crippen LogP contribution in [-0.4, -0.2) is 12.5 Å². The average Bonchev–Trinajstić information content (AvgIpc) is 2.37. The molecule has 0 saturated heterocycles. The quantitative estimate of drug-likeness (QED) is 0.819. The number of carbonyl (C=O) groups excluding carboxylic acids is 1. The molecule has 0 unspecified atom stereocenters. The Kier molecular flexibility index (Phi) is 5.14. The van der Waals surface area contributed by atoms with E-state index in [0.717, 1.165) is 0 Å². The molecule has 7 heteroatoms. The Hall–Kier alpha value is -1.66. The highest BCUT2D eigenvalue weighted by Gasteiger charge is 2.10. The molecule has 0 heterocycles. The number of anilines is 1. The zero-order valence-corrected chi connectivity index (χ0v) is 12.8. The first-order valence-corrected chi connectivity index (χ1v) is 6.93. The fraction of sp³-hybridized carbons (Fsp3) is 0.0714. The van der Waals surface area contributed by atoms with E-state index in [1.54, 1.807) is 18.2 Å². The van der Waals surface area contributed by atoms with E-state index in [-0.39, 0.29) is 5.75 Å². The second kappa shape index (κ2) is 6.87. The van der Waals surface area contributed by atoms with Gasteiger partial charge in [0, 0.05) is 26.8 Å². The van der Waals surface area contributed by atoms with Crippen molar-refractivity contribution in [3.8, 4) is 5.75 Å². The van der Waals surface area contributed by atoms with Gasteiger partial charge in [-0.2, -0.15) is 8.78 Å². The van der Waals surface area contributed by atoms with E-state index in [0.29, 0.717) is 20.7 Å². The van der Waals surface area contributed by atoms with Crippen LogP contribution in [0.4, 0.5) is 14.5 Å². The molecule has 2 aromatic rings. The number of amides is 1. The van der Waals surface area contributed by atoms with Crippen LogP contribution < -0.4 is 10.1 Å². The van der Waals surface area contributed by atoms with Gasteiger partial charge in [0.25, 0.3) is 5.91 Å². The summed E-state index contributed by atoms with van der Waals surface area (Å²) < 4.78 is 29.2. The van der Waals surface area contributed by atoms with Crippen LogP contribution in [0.2, 0.25) is 5.02 Å². The molecule has 2 aromatic carbocycles. The molecule has 1 amide bonds. The van der Waals surface area contributed by atoms with Crippen LogP contribution in [-0.2, 0) is 0 Å². The molecular weight excluding hydrogens is 368 g/mol. The summed E-state index contributed by atoms with van der Waals surface area (Å²) in [5.74, 6) is -0.442. The van der Waals surface area contributed by atoms with Gasteiger partial charge in [-0.15, -0.1) is 0 Å². The normalized spacial score (nSPS) is 10.5. The predicted octanol–water partition coefficient (Wildman–Crippen LogP) is 4.96. The Morgan fingerprint density at radius 3 is 2.67 bits per heavy atom. The zero-order chi connectivity index (χ0) is 15.4. The molecular formula is C14H9BrClF2NO2. The second-order valence-electron chi connectivity index (χ2n) is 4.02. The number of nitrogens with one attached hydrogen (secondary N) is 1. The molecule has 0 aliphatic heterocycles. The molecule has 0 fully saturated rings. The first kappa shape index (κ1) is 15.7. The first-order chi connectivity index (χ1) is 9.94. The SMILES string of the molecule is O=C(Nc1cccc(OC(F)F)c1)c1cc(Cl)cc(Br)c1. The molecule has 0 bridgehead atoms. The summed E-state index contributed by atoms with van der Waals surface area (Å²) in [6, 6.07) is 10.5. The molecule has 0 aliphatic carbocycles. The fourth-order valence-corrected chi connectivity index (χ4v) is 2.50. The Bertz CT molecular complexity index is 647. The van der Waals surface area contributed by atoms with Gasteiger partial charge < -0.3 is 10.1 Å². The van der Waals surface area contributed by atoms with Gasteiger partial charge in [-0.25, -0.2) is 0 Å². The molecule has 2 rings (SSSR count). The van der Waals surface area contributed by atoms with Gasteiger partial charge >= 0.3 is 6.61 Å². The topological polar surface area (TPSA) is 38.3 Å². The summed E-state index contributed by atoms with van der Waals surface area (Å²) in [7, 11) is 0. The van der Waals surface area contributed by atoms with Gasteiger partial charge in [0.1, 0.15) is 5.75 Å².